The summed E-state index contributed by atoms with van der Waals surface area (Å²) in [6.45, 7) is 7.52. The van der Waals surface area contributed by atoms with Gasteiger partial charge >= 0.3 is 5.97 Å². The maximum Gasteiger partial charge on any atom is 0.325 e. The van der Waals surface area contributed by atoms with Gasteiger partial charge in [-0.2, -0.15) is 0 Å². The number of likely N-dealkylation sites (N-methyl/N-ethyl adjacent to an activating group) is 1. The average molecular weight is 592 g/mol. The quantitative estimate of drug-likeness (QED) is 0.157. The molecule has 10 heteroatoms. The summed E-state index contributed by atoms with van der Waals surface area (Å²) in [6.07, 6.45) is 17.2. The smallest absolute Gasteiger partial charge is 0.325 e. The third kappa shape index (κ3) is 14.2. The summed E-state index contributed by atoms with van der Waals surface area (Å²) in [4.78, 5) is 64.3. The van der Waals surface area contributed by atoms with E-state index in [1.54, 1.807) is 0 Å². The van der Waals surface area contributed by atoms with Gasteiger partial charge in [0.1, 0.15) is 12.6 Å². The Morgan fingerprint density at radius 3 is 2.00 bits per heavy atom. The molecule has 1 aliphatic rings. The van der Waals surface area contributed by atoms with Crippen LogP contribution < -0.4 is 10.6 Å². The Labute approximate surface area is 251 Å². The molecule has 0 saturated carbocycles. The van der Waals surface area contributed by atoms with E-state index in [0.717, 1.165) is 37.2 Å². The average Bonchev–Trinajstić information content (AvgIpc) is 2.94. The number of hydrogen-bond donors (Lipinski definition) is 3. The Morgan fingerprint density at radius 2 is 1.45 bits per heavy atom. The first kappa shape index (κ1) is 37.0. The van der Waals surface area contributed by atoms with Crippen molar-refractivity contribution in [2.45, 2.75) is 122 Å². The molecule has 0 aliphatic carbocycles. The first-order chi connectivity index (χ1) is 19.9. The predicted octanol–water partition coefficient (Wildman–Crippen LogP) is 4.11. The first-order valence-corrected chi connectivity index (χ1v) is 15.6. The van der Waals surface area contributed by atoms with Crippen molar-refractivity contribution in [1.29, 1.82) is 0 Å². The van der Waals surface area contributed by atoms with Gasteiger partial charge < -0.3 is 25.4 Å². The van der Waals surface area contributed by atoms with Gasteiger partial charge in [0.25, 0.3) is 5.91 Å². The van der Waals surface area contributed by atoms with E-state index in [9.17, 15) is 29.1 Å². The minimum Gasteiger partial charge on any atom is -0.460 e. The minimum atomic E-state index is -2.45. The van der Waals surface area contributed by atoms with Crippen LogP contribution in [-0.2, 0) is 28.7 Å². The molecule has 0 saturated heterocycles. The van der Waals surface area contributed by atoms with E-state index in [0.29, 0.717) is 12.8 Å². The lowest BCUT2D eigenvalue weighted by Gasteiger charge is -2.29. The molecule has 1 rings (SSSR count). The molecule has 0 spiro atoms. The van der Waals surface area contributed by atoms with Gasteiger partial charge in [0.15, 0.2) is 11.4 Å². The number of hydrogen-bond acceptors (Lipinski definition) is 7. The fourth-order valence-corrected chi connectivity index (χ4v) is 4.87. The molecule has 42 heavy (non-hydrogen) atoms. The van der Waals surface area contributed by atoms with Crippen molar-refractivity contribution < 1.29 is 33.8 Å². The van der Waals surface area contributed by atoms with E-state index >= 15 is 0 Å². The molecule has 1 heterocycles. The largest absolute Gasteiger partial charge is 0.460 e. The zero-order valence-corrected chi connectivity index (χ0v) is 26.2. The molecular weight excluding hydrogens is 538 g/mol. The molecule has 0 aromatic rings. The van der Waals surface area contributed by atoms with Crippen molar-refractivity contribution in [3.8, 4) is 0 Å². The van der Waals surface area contributed by atoms with Crippen LogP contribution in [0.4, 0.5) is 0 Å². The van der Waals surface area contributed by atoms with Crippen LogP contribution in [0.1, 0.15) is 111 Å². The summed E-state index contributed by atoms with van der Waals surface area (Å²) in [6, 6.07) is 0. The highest BCUT2D eigenvalue weighted by Crippen LogP contribution is 2.23. The van der Waals surface area contributed by atoms with Crippen LogP contribution in [0.15, 0.2) is 24.4 Å². The maximum absolute atomic E-state index is 13.2. The van der Waals surface area contributed by atoms with Gasteiger partial charge in [-0.1, -0.05) is 97.5 Å². The molecule has 3 atom stereocenters. The third-order valence-electron chi connectivity index (χ3n) is 7.65. The van der Waals surface area contributed by atoms with Gasteiger partial charge in [-0.3, -0.25) is 24.0 Å². The second-order valence-corrected chi connectivity index (χ2v) is 11.6. The molecule has 3 amide bonds. The van der Waals surface area contributed by atoms with Gasteiger partial charge in [-0.05, 0) is 25.8 Å². The van der Waals surface area contributed by atoms with Crippen molar-refractivity contribution in [2.75, 3.05) is 20.1 Å². The summed E-state index contributed by atoms with van der Waals surface area (Å²) in [5, 5.41) is 15.4. The molecule has 0 radical (unpaired) electrons. The summed E-state index contributed by atoms with van der Waals surface area (Å²) in [5.74, 6) is -4.75. The third-order valence-corrected chi connectivity index (χ3v) is 7.65. The fraction of sp³-hybridized carbons (Fsp3) is 0.719. The van der Waals surface area contributed by atoms with Crippen molar-refractivity contribution in [1.82, 2.24) is 15.5 Å². The monoisotopic (exact) mass is 591 g/mol. The molecule has 10 nitrogen and oxygen atoms in total. The Kier molecular flexibility index (Phi) is 17.6. The van der Waals surface area contributed by atoms with E-state index < -0.39 is 53.6 Å². The highest BCUT2D eigenvalue weighted by atomic mass is 16.5. The molecule has 1 aliphatic heterocycles. The highest BCUT2D eigenvalue weighted by Gasteiger charge is 2.44. The number of aliphatic hydroxyl groups is 1. The van der Waals surface area contributed by atoms with Crippen LogP contribution in [0, 0.1) is 5.92 Å². The molecule has 0 aromatic heterocycles. The number of carbonyl (C=O) groups is 5. The van der Waals surface area contributed by atoms with Crippen LogP contribution >= 0.6 is 0 Å². The van der Waals surface area contributed by atoms with Gasteiger partial charge in [-0.15, -0.1) is 0 Å². The Hall–Kier alpha value is -3.01. The molecule has 0 bridgehead atoms. The topological polar surface area (TPSA) is 142 Å². The molecular formula is C32H53N3O7. The number of ketones is 1. The van der Waals surface area contributed by atoms with Crippen LogP contribution in [0.25, 0.3) is 0 Å². The number of amides is 3. The SMILES string of the molecule is C=C1/C=C/C(=O)N(C)CC(=O)O[C@@H](CCCCCCCCCCCCCCC)[C@H](C)C(=O)[C@](C)(O)C(=O)NCC(=O)N1. The normalized spacial score (nSPS) is 24.2. The number of ether oxygens (including phenoxy) is 1. The summed E-state index contributed by atoms with van der Waals surface area (Å²) < 4.78 is 5.65. The molecule has 0 unspecified atom stereocenters. The number of cyclic esters (lactones) is 1. The zero-order chi connectivity index (χ0) is 31.5. The molecule has 238 valence electrons. The van der Waals surface area contributed by atoms with Crippen LogP contribution in [0.2, 0.25) is 0 Å². The summed E-state index contributed by atoms with van der Waals surface area (Å²) >= 11 is 0. The molecule has 0 aromatic carbocycles. The number of nitrogens with one attached hydrogen (secondary N) is 2. The lowest BCUT2D eigenvalue weighted by Crippen LogP contribution is -2.55. The number of rotatable bonds is 14. The van der Waals surface area contributed by atoms with Gasteiger partial charge in [-0.25, -0.2) is 0 Å². The number of unbranched alkanes of at least 4 members (excludes halogenated alkanes) is 12. The minimum absolute atomic E-state index is 0.0808. The molecule has 3 N–H and O–H groups in total. The highest BCUT2D eigenvalue weighted by molar-refractivity contribution is 6.10. The summed E-state index contributed by atoms with van der Waals surface area (Å²) in [5.41, 5.74) is -2.37. The maximum atomic E-state index is 13.2. The number of carbonyl (C=O) groups excluding carboxylic acids is 5. The Bertz CT molecular complexity index is 944. The number of nitrogens with zero attached hydrogens (tertiary/aromatic N) is 1. The van der Waals surface area contributed by atoms with Crippen molar-refractivity contribution in [3.63, 3.8) is 0 Å². The van der Waals surface area contributed by atoms with E-state index in [4.69, 9.17) is 4.74 Å². The second kappa shape index (κ2) is 20.0. The fourth-order valence-electron chi connectivity index (χ4n) is 4.87. The van der Waals surface area contributed by atoms with Gasteiger partial charge in [0.2, 0.25) is 11.8 Å². The predicted molar refractivity (Wildman–Crippen MR) is 162 cm³/mol. The first-order valence-electron chi connectivity index (χ1n) is 15.6. The Morgan fingerprint density at radius 1 is 0.929 bits per heavy atom. The van der Waals surface area contributed by atoms with Crippen molar-refractivity contribution >= 4 is 29.5 Å². The lowest BCUT2D eigenvalue weighted by molar-refractivity contribution is -0.162. The van der Waals surface area contributed by atoms with Crippen molar-refractivity contribution in [2.24, 2.45) is 5.92 Å². The number of allylic oxidation sites excluding steroid dienone is 1. The van der Waals surface area contributed by atoms with E-state index in [2.05, 4.69) is 24.1 Å². The second-order valence-electron chi connectivity index (χ2n) is 11.6. The van der Waals surface area contributed by atoms with E-state index in [-0.39, 0.29) is 12.2 Å². The number of esters is 1. The van der Waals surface area contributed by atoms with E-state index in [1.807, 2.05) is 0 Å². The van der Waals surface area contributed by atoms with Crippen LogP contribution in [0.3, 0.4) is 0 Å². The molecule has 0 fully saturated rings. The standard InChI is InChI=1S/C32H53N3O7/c1-6-7-8-9-10-11-12-13-14-15-16-17-18-19-26-25(3)30(39)32(4,41)31(40)33-22-27(36)34-24(2)20-21-28(37)35(5)23-29(38)42-26/h20-21,25-26,41H,2,6-19,22-23H2,1,3-5H3,(H,33,40)(H,34,36)/b21-20+/t25-,26-,32-/m0/s1. The van der Waals surface area contributed by atoms with Gasteiger partial charge in [0.05, 0.1) is 12.5 Å². The van der Waals surface area contributed by atoms with Crippen molar-refractivity contribution in [3.05, 3.63) is 24.4 Å². The Balaban J connectivity index is 2.76. The summed E-state index contributed by atoms with van der Waals surface area (Å²) in [7, 11) is 1.42. The van der Waals surface area contributed by atoms with E-state index in [1.165, 1.54) is 77.8 Å². The van der Waals surface area contributed by atoms with Gasteiger partial charge in [0, 0.05) is 18.8 Å². The lowest BCUT2D eigenvalue weighted by atomic mass is 9.85. The van der Waals surface area contributed by atoms with Crippen LogP contribution in [0.5, 0.6) is 0 Å². The van der Waals surface area contributed by atoms with Crippen LogP contribution in [-0.4, -0.2) is 71.3 Å². The number of Topliss-reactive ketones (excluding diaryl/α,β-unsaturated/α-hetero) is 1. The zero-order valence-electron chi connectivity index (χ0n) is 26.2.